The molecule has 0 saturated carbocycles. The largest absolute Gasteiger partial charge is 0.469 e. The summed E-state index contributed by atoms with van der Waals surface area (Å²) in [6.45, 7) is 2.16. The van der Waals surface area contributed by atoms with Crippen molar-refractivity contribution in [3.8, 4) is 5.88 Å². The number of thioether (sulfide) groups is 1. The Morgan fingerprint density at radius 3 is 2.47 bits per heavy atom. The second-order valence-corrected chi connectivity index (χ2v) is 12.2. The number of nitrogens with one attached hydrogen (secondary N) is 1. The van der Waals surface area contributed by atoms with E-state index in [1.54, 1.807) is 59.1 Å². The van der Waals surface area contributed by atoms with E-state index >= 15 is 0 Å². The maximum Gasteiger partial charge on any atom is 0.290 e. The van der Waals surface area contributed by atoms with Gasteiger partial charge in [-0.2, -0.15) is 9.29 Å². The molecule has 11 nitrogen and oxygen atoms in total. The predicted molar refractivity (Wildman–Crippen MR) is 139 cm³/mol. The van der Waals surface area contributed by atoms with Crippen molar-refractivity contribution in [2.24, 2.45) is 11.8 Å². The minimum atomic E-state index is -3.55. The molecule has 2 amide bonds. The summed E-state index contributed by atoms with van der Waals surface area (Å²) in [5.74, 6) is 1.10. The maximum atomic E-state index is 13.1. The molecule has 3 aromatic rings. The van der Waals surface area contributed by atoms with E-state index < -0.39 is 21.2 Å². The Morgan fingerprint density at radius 1 is 1.05 bits per heavy atom. The smallest absolute Gasteiger partial charge is 0.290 e. The van der Waals surface area contributed by atoms with Crippen molar-refractivity contribution >= 4 is 45.0 Å². The third-order valence-corrected chi connectivity index (χ3v) is 9.35. The van der Waals surface area contributed by atoms with Gasteiger partial charge in [0, 0.05) is 32.2 Å². The summed E-state index contributed by atoms with van der Waals surface area (Å²) in [6.07, 6.45) is 3.08. The Kier molecular flexibility index (Phi) is 6.41. The van der Waals surface area contributed by atoms with Crippen LogP contribution in [0.5, 0.6) is 5.88 Å². The van der Waals surface area contributed by atoms with Crippen molar-refractivity contribution in [1.82, 2.24) is 19.6 Å². The van der Waals surface area contributed by atoms with E-state index in [0.717, 1.165) is 11.8 Å². The molecule has 3 fully saturated rings. The second-order valence-electron chi connectivity index (χ2n) is 9.21. The lowest BCUT2D eigenvalue weighted by atomic mass is 10.0. The first-order valence-corrected chi connectivity index (χ1v) is 14.2. The van der Waals surface area contributed by atoms with Gasteiger partial charge in [-0.3, -0.25) is 14.9 Å². The zero-order valence-corrected chi connectivity index (χ0v) is 21.7. The van der Waals surface area contributed by atoms with Gasteiger partial charge in [-0.15, -0.1) is 0 Å². The SMILES string of the molecule is O=C1NC(=O)/C(=C/c2cc(OCc3ccco3)nc(N3CC4CN(S(=O)(=O)c5ccccc5)CC4C3)n2)S1. The van der Waals surface area contributed by atoms with Crippen LogP contribution in [0.3, 0.4) is 0 Å². The van der Waals surface area contributed by atoms with Crippen LogP contribution < -0.4 is 15.0 Å². The fourth-order valence-corrected chi connectivity index (χ4v) is 7.11. The topological polar surface area (TPSA) is 135 Å². The van der Waals surface area contributed by atoms with Crippen LogP contribution in [-0.2, 0) is 21.4 Å². The van der Waals surface area contributed by atoms with Crippen molar-refractivity contribution in [1.29, 1.82) is 0 Å². The number of furan rings is 1. The summed E-state index contributed by atoms with van der Waals surface area (Å²) in [6, 6.07) is 13.6. The molecular formula is C25H23N5O6S2. The number of ether oxygens (including phenoxy) is 1. The Morgan fingerprint density at radius 2 is 1.82 bits per heavy atom. The molecule has 13 heteroatoms. The van der Waals surface area contributed by atoms with Crippen LogP contribution in [0.15, 0.2) is 69.0 Å². The van der Waals surface area contributed by atoms with Crippen LogP contribution in [0.1, 0.15) is 11.5 Å². The molecular weight excluding hydrogens is 530 g/mol. The summed E-state index contributed by atoms with van der Waals surface area (Å²) in [5.41, 5.74) is 0.419. The molecule has 0 bridgehead atoms. The zero-order valence-electron chi connectivity index (χ0n) is 20.0. The molecule has 0 aliphatic carbocycles. The van der Waals surface area contributed by atoms with Crippen molar-refractivity contribution in [2.75, 3.05) is 31.1 Å². The lowest BCUT2D eigenvalue weighted by Crippen LogP contribution is -2.33. The number of amides is 2. The molecule has 1 aromatic carbocycles. The average molecular weight is 554 g/mol. The molecule has 38 heavy (non-hydrogen) atoms. The number of anilines is 1. The molecule has 5 heterocycles. The van der Waals surface area contributed by atoms with Gasteiger partial charge in [0.25, 0.3) is 11.1 Å². The van der Waals surface area contributed by atoms with Crippen LogP contribution in [0.25, 0.3) is 6.08 Å². The minimum Gasteiger partial charge on any atom is -0.469 e. The predicted octanol–water partition coefficient (Wildman–Crippen LogP) is 2.73. The molecule has 3 saturated heterocycles. The summed E-state index contributed by atoms with van der Waals surface area (Å²) < 4.78 is 38.9. The number of hydrogen-bond donors (Lipinski definition) is 1. The lowest BCUT2D eigenvalue weighted by Gasteiger charge is -2.22. The molecule has 3 aliphatic heterocycles. The zero-order chi connectivity index (χ0) is 26.3. The third-order valence-electron chi connectivity index (χ3n) is 6.69. The van der Waals surface area contributed by atoms with E-state index in [-0.39, 0.29) is 23.3 Å². The Hall–Kier alpha value is -3.68. The van der Waals surface area contributed by atoms with Crippen molar-refractivity contribution in [2.45, 2.75) is 11.5 Å². The standard InChI is InChI=1S/C25H23N5O6S2/c31-23-21(37-25(32)28-23)9-18-10-22(36-15-19-5-4-8-35-19)27-24(26-18)29-11-16-13-30(14-17(16)12-29)38(33,34)20-6-2-1-3-7-20/h1-10,16-17H,11-15H2,(H,28,31,32)/b21-9-. The van der Waals surface area contributed by atoms with Crippen molar-refractivity contribution in [3.05, 3.63) is 71.2 Å². The van der Waals surface area contributed by atoms with Gasteiger partial charge in [0.15, 0.2) is 0 Å². The molecule has 2 aromatic heterocycles. The number of aromatic nitrogens is 2. The van der Waals surface area contributed by atoms with Gasteiger partial charge in [-0.1, -0.05) is 18.2 Å². The summed E-state index contributed by atoms with van der Waals surface area (Å²) in [5, 5.41) is 1.80. The highest BCUT2D eigenvalue weighted by molar-refractivity contribution is 8.18. The quantitative estimate of drug-likeness (QED) is 0.435. The van der Waals surface area contributed by atoms with Gasteiger partial charge in [0.2, 0.25) is 21.9 Å². The molecule has 2 atom stereocenters. The number of fused-ring (bicyclic) bond motifs is 1. The minimum absolute atomic E-state index is 0.125. The van der Waals surface area contributed by atoms with Gasteiger partial charge in [0.1, 0.15) is 12.4 Å². The Bertz CT molecular complexity index is 1500. The average Bonchev–Trinajstić information content (AvgIpc) is 3.68. The van der Waals surface area contributed by atoms with E-state index in [0.29, 0.717) is 54.4 Å². The van der Waals surface area contributed by atoms with Crippen LogP contribution in [0.2, 0.25) is 0 Å². The number of hydrogen-bond acceptors (Lipinski definition) is 10. The van der Waals surface area contributed by atoms with Crippen LogP contribution in [0, 0.1) is 11.8 Å². The highest BCUT2D eigenvalue weighted by Gasteiger charge is 2.45. The molecule has 2 unspecified atom stereocenters. The summed E-state index contributed by atoms with van der Waals surface area (Å²) in [7, 11) is -3.55. The first-order chi connectivity index (χ1) is 18.3. The van der Waals surface area contributed by atoms with Crippen LogP contribution >= 0.6 is 11.8 Å². The lowest BCUT2D eigenvalue weighted by molar-refractivity contribution is -0.115. The molecule has 1 N–H and O–H groups in total. The van der Waals surface area contributed by atoms with E-state index in [1.807, 2.05) is 4.90 Å². The number of nitrogens with zero attached hydrogens (tertiary/aromatic N) is 4. The maximum absolute atomic E-state index is 13.1. The van der Waals surface area contributed by atoms with Gasteiger partial charge >= 0.3 is 0 Å². The van der Waals surface area contributed by atoms with Gasteiger partial charge < -0.3 is 14.1 Å². The Labute approximate surface area is 222 Å². The number of rotatable bonds is 7. The fraction of sp³-hybridized carbons (Fsp3) is 0.280. The van der Waals surface area contributed by atoms with E-state index in [1.165, 1.54) is 6.08 Å². The number of benzene rings is 1. The number of carbonyl (C=O) groups excluding carboxylic acids is 2. The van der Waals surface area contributed by atoms with E-state index in [4.69, 9.17) is 9.15 Å². The highest BCUT2D eigenvalue weighted by Crippen LogP contribution is 2.36. The Balaban J connectivity index is 1.22. The van der Waals surface area contributed by atoms with Gasteiger partial charge in [0.05, 0.1) is 21.8 Å². The molecule has 0 radical (unpaired) electrons. The van der Waals surface area contributed by atoms with E-state index in [2.05, 4.69) is 15.3 Å². The number of carbonyl (C=O) groups is 2. The summed E-state index contributed by atoms with van der Waals surface area (Å²) >= 11 is 0.807. The molecule has 0 spiro atoms. The van der Waals surface area contributed by atoms with Gasteiger partial charge in [-0.25, -0.2) is 13.4 Å². The fourth-order valence-electron chi connectivity index (χ4n) is 4.87. The second kappa shape index (κ2) is 9.89. The monoisotopic (exact) mass is 553 g/mol. The first-order valence-electron chi connectivity index (χ1n) is 11.9. The third kappa shape index (κ3) is 4.91. The molecule has 3 aliphatic rings. The number of imide groups is 1. The highest BCUT2D eigenvalue weighted by atomic mass is 32.2. The van der Waals surface area contributed by atoms with Crippen LogP contribution in [-0.4, -0.2) is 60.0 Å². The van der Waals surface area contributed by atoms with Crippen molar-refractivity contribution in [3.63, 3.8) is 0 Å². The van der Waals surface area contributed by atoms with Crippen molar-refractivity contribution < 1.29 is 27.2 Å². The summed E-state index contributed by atoms with van der Waals surface area (Å²) in [4.78, 5) is 35.4. The van der Waals surface area contributed by atoms with Gasteiger partial charge in [-0.05, 0) is 53.9 Å². The molecule has 6 rings (SSSR count). The number of sulfonamides is 1. The molecule has 196 valence electrons. The van der Waals surface area contributed by atoms with E-state index in [9.17, 15) is 18.0 Å². The normalized spacial score (nSPS) is 22.7. The van der Waals surface area contributed by atoms with Crippen LogP contribution in [0.4, 0.5) is 10.7 Å². The first kappa shape index (κ1) is 24.6.